The van der Waals surface area contributed by atoms with Crippen molar-refractivity contribution >= 4 is 22.7 Å². The topological polar surface area (TPSA) is 102 Å². The fraction of sp³-hybridized carbons (Fsp3) is 0.304. The van der Waals surface area contributed by atoms with E-state index in [1.807, 2.05) is 12.3 Å². The van der Waals surface area contributed by atoms with Crippen LogP contribution < -0.4 is 11.5 Å². The molecule has 1 aromatic heterocycles. The number of fused-ring (bicyclic) bond motifs is 1. The maximum atomic E-state index is 12.1. The van der Waals surface area contributed by atoms with Crippen LogP contribution in [-0.4, -0.2) is 16.8 Å². The van der Waals surface area contributed by atoms with Crippen LogP contribution in [0.1, 0.15) is 71.7 Å². The first-order valence-electron chi connectivity index (χ1n) is 9.81. The van der Waals surface area contributed by atoms with Gasteiger partial charge < -0.3 is 16.5 Å². The van der Waals surface area contributed by atoms with Crippen LogP contribution in [0, 0.1) is 0 Å². The molecule has 146 valence electrons. The summed E-state index contributed by atoms with van der Waals surface area (Å²) >= 11 is 0. The van der Waals surface area contributed by atoms with Crippen LogP contribution in [0.2, 0.25) is 0 Å². The monoisotopic (exact) mass is 377 g/mol. The highest BCUT2D eigenvalue weighted by molar-refractivity contribution is 6.08. The van der Waals surface area contributed by atoms with Crippen LogP contribution in [0.5, 0.6) is 0 Å². The van der Waals surface area contributed by atoms with Gasteiger partial charge in [0.1, 0.15) is 0 Å². The van der Waals surface area contributed by atoms with Gasteiger partial charge in [0.2, 0.25) is 5.91 Å². The number of benzene rings is 2. The summed E-state index contributed by atoms with van der Waals surface area (Å²) in [6.07, 6.45) is 6.39. The van der Waals surface area contributed by atoms with Crippen molar-refractivity contribution in [2.75, 3.05) is 0 Å². The summed E-state index contributed by atoms with van der Waals surface area (Å²) in [7, 11) is 0. The molecule has 0 radical (unpaired) electrons. The van der Waals surface area contributed by atoms with Gasteiger partial charge in [-0.15, -0.1) is 0 Å². The van der Waals surface area contributed by atoms with Gasteiger partial charge in [0.15, 0.2) is 0 Å². The molecule has 0 atom stereocenters. The maximum absolute atomic E-state index is 12.1. The predicted octanol–water partition coefficient (Wildman–Crippen LogP) is 4.72. The van der Waals surface area contributed by atoms with Crippen LogP contribution in [0.4, 0.5) is 0 Å². The summed E-state index contributed by atoms with van der Waals surface area (Å²) in [5.74, 6) is -0.531. The number of primary amides is 2. The van der Waals surface area contributed by atoms with Gasteiger partial charge in [-0.25, -0.2) is 0 Å². The second-order valence-electron chi connectivity index (χ2n) is 7.27. The average Bonchev–Trinajstić information content (AvgIpc) is 3.10. The summed E-state index contributed by atoms with van der Waals surface area (Å²) < 4.78 is 0. The van der Waals surface area contributed by atoms with E-state index in [9.17, 15) is 9.59 Å². The molecule has 0 fully saturated rings. The quantitative estimate of drug-likeness (QED) is 0.529. The van der Waals surface area contributed by atoms with Crippen LogP contribution in [-0.2, 0) is 0 Å². The Morgan fingerprint density at radius 1 is 0.964 bits per heavy atom. The number of nitrogens with two attached hydrogens (primary N) is 2. The van der Waals surface area contributed by atoms with Crippen molar-refractivity contribution in [3.63, 3.8) is 0 Å². The second kappa shape index (κ2) is 8.30. The molecule has 3 aromatic rings. The SMILES string of the molecule is CCCC(CCC)c1c[nH]c2c(C(N)=O)cc(-c3cccc(C(N)=O)c3)cc12. The van der Waals surface area contributed by atoms with Gasteiger partial charge in [-0.1, -0.05) is 38.8 Å². The van der Waals surface area contributed by atoms with Crippen molar-refractivity contribution in [2.45, 2.75) is 45.4 Å². The van der Waals surface area contributed by atoms with E-state index in [4.69, 9.17) is 11.5 Å². The molecule has 0 bridgehead atoms. The number of amides is 2. The van der Waals surface area contributed by atoms with Gasteiger partial charge in [-0.05, 0) is 59.7 Å². The van der Waals surface area contributed by atoms with Crippen molar-refractivity contribution < 1.29 is 9.59 Å². The predicted molar refractivity (Wildman–Crippen MR) is 113 cm³/mol. The minimum Gasteiger partial charge on any atom is -0.366 e. The fourth-order valence-electron chi connectivity index (χ4n) is 3.96. The van der Waals surface area contributed by atoms with Crippen LogP contribution in [0.15, 0.2) is 42.6 Å². The molecule has 0 aliphatic heterocycles. The highest BCUT2D eigenvalue weighted by Crippen LogP contribution is 2.36. The number of aromatic nitrogens is 1. The van der Waals surface area contributed by atoms with E-state index in [2.05, 4.69) is 24.9 Å². The first-order valence-corrected chi connectivity index (χ1v) is 9.81. The lowest BCUT2D eigenvalue weighted by Crippen LogP contribution is -2.12. The van der Waals surface area contributed by atoms with Gasteiger partial charge in [-0.3, -0.25) is 9.59 Å². The van der Waals surface area contributed by atoms with E-state index in [0.29, 0.717) is 17.0 Å². The summed E-state index contributed by atoms with van der Waals surface area (Å²) in [5, 5.41) is 1.02. The molecular weight excluding hydrogens is 350 g/mol. The van der Waals surface area contributed by atoms with E-state index >= 15 is 0 Å². The van der Waals surface area contributed by atoms with Gasteiger partial charge in [0.25, 0.3) is 5.91 Å². The van der Waals surface area contributed by atoms with Crippen molar-refractivity contribution in [2.24, 2.45) is 11.5 Å². The zero-order valence-electron chi connectivity index (χ0n) is 16.4. The Balaban J connectivity index is 2.22. The number of aromatic amines is 1. The Labute approximate surface area is 165 Å². The first-order chi connectivity index (χ1) is 13.5. The molecule has 0 spiro atoms. The minimum atomic E-state index is -0.480. The molecule has 0 saturated heterocycles. The molecular formula is C23H27N3O2. The number of hydrogen-bond donors (Lipinski definition) is 3. The van der Waals surface area contributed by atoms with E-state index in [1.54, 1.807) is 24.3 Å². The summed E-state index contributed by atoms with van der Waals surface area (Å²) in [5.41, 5.74) is 15.6. The van der Waals surface area contributed by atoms with E-state index in [1.165, 1.54) is 5.56 Å². The molecule has 1 heterocycles. The minimum absolute atomic E-state index is 0.427. The number of H-pyrrole nitrogens is 1. The molecule has 0 saturated carbocycles. The third kappa shape index (κ3) is 3.79. The molecule has 5 nitrogen and oxygen atoms in total. The standard InChI is InChI=1S/C23H27N3O2/c1-3-6-14(7-4-2)20-13-26-21-18(20)11-17(12-19(21)23(25)28)15-8-5-9-16(10-15)22(24)27/h5,8-14,26H,3-4,6-7H2,1-2H3,(H2,24,27)(H2,25,28). The number of carbonyl (C=O) groups is 2. The normalized spacial score (nSPS) is 11.2. The van der Waals surface area contributed by atoms with Crippen LogP contribution in [0.3, 0.4) is 0 Å². The highest BCUT2D eigenvalue weighted by Gasteiger charge is 2.19. The van der Waals surface area contributed by atoms with E-state index in [-0.39, 0.29) is 0 Å². The van der Waals surface area contributed by atoms with Crippen molar-refractivity contribution in [3.8, 4) is 11.1 Å². The van der Waals surface area contributed by atoms with Crippen molar-refractivity contribution in [1.29, 1.82) is 0 Å². The maximum Gasteiger partial charge on any atom is 0.250 e. The number of nitrogens with one attached hydrogen (secondary N) is 1. The Kier molecular flexibility index (Phi) is 5.83. The molecule has 5 N–H and O–H groups in total. The molecule has 5 heteroatoms. The third-order valence-corrected chi connectivity index (χ3v) is 5.28. The summed E-state index contributed by atoms with van der Waals surface area (Å²) in [6.45, 7) is 4.38. The number of carbonyl (C=O) groups excluding carboxylic acids is 2. The highest BCUT2D eigenvalue weighted by atomic mass is 16.1. The smallest absolute Gasteiger partial charge is 0.250 e. The Bertz CT molecular complexity index is 1010. The fourth-order valence-corrected chi connectivity index (χ4v) is 3.96. The second-order valence-corrected chi connectivity index (χ2v) is 7.27. The van der Waals surface area contributed by atoms with Crippen molar-refractivity contribution in [1.82, 2.24) is 4.98 Å². The van der Waals surface area contributed by atoms with Gasteiger partial charge in [-0.2, -0.15) is 0 Å². The van der Waals surface area contributed by atoms with Crippen molar-refractivity contribution in [3.05, 3.63) is 59.3 Å². The van der Waals surface area contributed by atoms with Gasteiger partial charge in [0, 0.05) is 17.1 Å². The van der Waals surface area contributed by atoms with Crippen LogP contribution in [0.25, 0.3) is 22.0 Å². The molecule has 2 amide bonds. The molecule has 28 heavy (non-hydrogen) atoms. The summed E-state index contributed by atoms with van der Waals surface area (Å²) in [4.78, 5) is 27.0. The Hall–Kier alpha value is -3.08. The lowest BCUT2D eigenvalue weighted by atomic mass is 9.88. The van der Waals surface area contributed by atoms with E-state index < -0.39 is 11.8 Å². The Morgan fingerprint density at radius 2 is 1.68 bits per heavy atom. The molecule has 0 aliphatic carbocycles. The van der Waals surface area contributed by atoms with Gasteiger partial charge >= 0.3 is 0 Å². The zero-order chi connectivity index (χ0) is 20.3. The van der Waals surface area contributed by atoms with Gasteiger partial charge in [0.05, 0.1) is 11.1 Å². The summed E-state index contributed by atoms with van der Waals surface area (Å²) in [6, 6.07) is 11.0. The number of hydrogen-bond acceptors (Lipinski definition) is 2. The number of rotatable bonds is 8. The average molecular weight is 377 g/mol. The molecule has 0 unspecified atom stereocenters. The molecule has 0 aliphatic rings. The molecule has 2 aromatic carbocycles. The van der Waals surface area contributed by atoms with E-state index in [0.717, 1.165) is 47.7 Å². The lowest BCUT2D eigenvalue weighted by molar-refractivity contribution is 0.0992. The van der Waals surface area contributed by atoms with Crippen LogP contribution >= 0.6 is 0 Å². The molecule has 3 rings (SSSR count). The zero-order valence-corrected chi connectivity index (χ0v) is 16.4. The lowest BCUT2D eigenvalue weighted by Gasteiger charge is -2.15. The Morgan fingerprint density at radius 3 is 2.29 bits per heavy atom. The largest absolute Gasteiger partial charge is 0.366 e. The third-order valence-electron chi connectivity index (χ3n) is 5.28. The first kappa shape index (κ1) is 19.7.